The topological polar surface area (TPSA) is 63.3 Å². The van der Waals surface area contributed by atoms with E-state index < -0.39 is 0 Å². The van der Waals surface area contributed by atoms with Crippen LogP contribution in [0.15, 0.2) is 12.1 Å². The number of nitrogens with one attached hydrogen (secondary N) is 1. The number of hydrogen-bond donors (Lipinski definition) is 1. The summed E-state index contributed by atoms with van der Waals surface area (Å²) in [5, 5.41) is 3.30. The third kappa shape index (κ3) is 4.04. The summed E-state index contributed by atoms with van der Waals surface area (Å²) in [5.74, 6) is 2.21. The molecule has 3 rings (SSSR count). The molecular formula is C19H29N3O4. The zero-order valence-electron chi connectivity index (χ0n) is 15.9. The summed E-state index contributed by atoms with van der Waals surface area (Å²) >= 11 is 0. The van der Waals surface area contributed by atoms with Crippen molar-refractivity contribution in [2.24, 2.45) is 0 Å². The summed E-state index contributed by atoms with van der Waals surface area (Å²) in [6, 6.07) is 4.00. The number of piperazine rings is 1. The molecule has 1 aromatic rings. The predicted molar refractivity (Wildman–Crippen MR) is 99.0 cm³/mol. The van der Waals surface area contributed by atoms with Crippen LogP contribution in [-0.2, 0) is 11.3 Å². The largest absolute Gasteiger partial charge is 0.493 e. The average molecular weight is 363 g/mol. The van der Waals surface area contributed by atoms with E-state index in [1.165, 1.54) is 0 Å². The van der Waals surface area contributed by atoms with Crippen LogP contribution in [0.2, 0.25) is 0 Å². The van der Waals surface area contributed by atoms with Gasteiger partial charge >= 0.3 is 0 Å². The Morgan fingerprint density at radius 2 is 1.73 bits per heavy atom. The molecule has 7 nitrogen and oxygen atoms in total. The fraction of sp³-hybridized carbons (Fsp3) is 0.632. The summed E-state index contributed by atoms with van der Waals surface area (Å²) in [6.07, 6.45) is 2.06. The standard InChI is InChI=1S/C19H29N3O4/c1-24-16-11-14(12-17(25-2)18(16)26-3)13-21-7-9-22(10-8-21)19(23)15-5-4-6-20-15/h11-12,15,20H,4-10,13H2,1-3H3. The highest BCUT2D eigenvalue weighted by atomic mass is 16.5. The first-order chi connectivity index (χ1) is 12.7. The van der Waals surface area contributed by atoms with Crippen molar-refractivity contribution in [3.8, 4) is 17.2 Å². The SMILES string of the molecule is COc1cc(CN2CCN(C(=O)C3CCCN3)CC2)cc(OC)c1OC. The van der Waals surface area contributed by atoms with Crippen molar-refractivity contribution >= 4 is 5.91 Å². The van der Waals surface area contributed by atoms with E-state index in [0.29, 0.717) is 17.2 Å². The van der Waals surface area contributed by atoms with Gasteiger partial charge in [-0.3, -0.25) is 9.69 Å². The zero-order valence-corrected chi connectivity index (χ0v) is 15.9. The smallest absolute Gasteiger partial charge is 0.239 e. The Morgan fingerprint density at radius 1 is 1.08 bits per heavy atom. The maximum absolute atomic E-state index is 12.5. The maximum atomic E-state index is 12.5. The van der Waals surface area contributed by atoms with E-state index in [1.807, 2.05) is 17.0 Å². The lowest BCUT2D eigenvalue weighted by atomic mass is 10.1. The Morgan fingerprint density at radius 3 is 2.23 bits per heavy atom. The monoisotopic (exact) mass is 363 g/mol. The molecule has 1 atom stereocenters. The van der Waals surface area contributed by atoms with Gasteiger partial charge in [0.15, 0.2) is 11.5 Å². The van der Waals surface area contributed by atoms with Crippen LogP contribution < -0.4 is 19.5 Å². The second kappa shape index (κ2) is 8.60. The summed E-state index contributed by atoms with van der Waals surface area (Å²) in [7, 11) is 4.86. The number of nitrogens with zero attached hydrogens (tertiary/aromatic N) is 2. The van der Waals surface area contributed by atoms with Crippen LogP contribution in [0.25, 0.3) is 0 Å². The molecule has 0 bridgehead atoms. The van der Waals surface area contributed by atoms with Crippen LogP contribution in [0.1, 0.15) is 18.4 Å². The molecule has 2 saturated heterocycles. The van der Waals surface area contributed by atoms with Gasteiger partial charge in [-0.05, 0) is 37.1 Å². The summed E-state index contributed by atoms with van der Waals surface area (Å²) < 4.78 is 16.2. The molecule has 26 heavy (non-hydrogen) atoms. The van der Waals surface area contributed by atoms with Crippen LogP contribution >= 0.6 is 0 Å². The number of benzene rings is 1. The predicted octanol–water partition coefficient (Wildman–Crippen LogP) is 1.11. The average Bonchev–Trinajstić information content (AvgIpc) is 3.22. The van der Waals surface area contributed by atoms with Crippen molar-refractivity contribution in [1.29, 1.82) is 0 Å². The minimum absolute atomic E-state index is 0.0247. The van der Waals surface area contributed by atoms with E-state index in [4.69, 9.17) is 14.2 Å². The van der Waals surface area contributed by atoms with Crippen molar-refractivity contribution in [1.82, 2.24) is 15.1 Å². The number of methoxy groups -OCH3 is 3. The van der Waals surface area contributed by atoms with Crippen molar-refractivity contribution in [2.45, 2.75) is 25.4 Å². The zero-order chi connectivity index (χ0) is 18.5. The molecule has 1 aromatic carbocycles. The van der Waals surface area contributed by atoms with E-state index in [0.717, 1.165) is 57.7 Å². The number of carbonyl (C=O) groups excluding carboxylic acids is 1. The van der Waals surface area contributed by atoms with Gasteiger partial charge in [0.1, 0.15) is 0 Å². The van der Waals surface area contributed by atoms with E-state index >= 15 is 0 Å². The molecule has 2 aliphatic heterocycles. The lowest BCUT2D eigenvalue weighted by molar-refractivity contribution is -0.134. The van der Waals surface area contributed by atoms with E-state index in [1.54, 1.807) is 21.3 Å². The van der Waals surface area contributed by atoms with E-state index in [9.17, 15) is 4.79 Å². The number of hydrogen-bond acceptors (Lipinski definition) is 6. The van der Waals surface area contributed by atoms with Gasteiger partial charge in [-0.15, -0.1) is 0 Å². The normalized spacial score (nSPS) is 20.9. The molecule has 2 heterocycles. The molecule has 0 spiro atoms. The quantitative estimate of drug-likeness (QED) is 0.817. The molecule has 1 amide bonds. The third-order valence-electron chi connectivity index (χ3n) is 5.17. The molecule has 7 heteroatoms. The van der Waals surface area contributed by atoms with Gasteiger partial charge in [0.2, 0.25) is 11.7 Å². The van der Waals surface area contributed by atoms with Gasteiger partial charge in [-0.25, -0.2) is 0 Å². The van der Waals surface area contributed by atoms with E-state index in [2.05, 4.69) is 10.2 Å². The fourth-order valence-corrected chi connectivity index (χ4v) is 3.73. The fourth-order valence-electron chi connectivity index (χ4n) is 3.73. The Hall–Kier alpha value is -1.99. The van der Waals surface area contributed by atoms with Gasteiger partial charge in [0.05, 0.1) is 27.4 Å². The lowest BCUT2D eigenvalue weighted by Crippen LogP contribution is -2.52. The van der Waals surface area contributed by atoms with Gasteiger partial charge in [0.25, 0.3) is 0 Å². The first kappa shape index (κ1) is 18.8. The molecule has 0 aromatic heterocycles. The summed E-state index contributed by atoms with van der Waals surface area (Å²) in [5.41, 5.74) is 1.11. The first-order valence-corrected chi connectivity index (χ1v) is 9.19. The van der Waals surface area contributed by atoms with Crippen LogP contribution in [0.4, 0.5) is 0 Å². The summed E-state index contributed by atoms with van der Waals surface area (Å²) in [4.78, 5) is 16.8. The second-order valence-electron chi connectivity index (χ2n) is 6.78. The third-order valence-corrected chi connectivity index (χ3v) is 5.17. The van der Waals surface area contributed by atoms with Crippen LogP contribution in [-0.4, -0.2) is 75.8 Å². The number of carbonyl (C=O) groups is 1. The van der Waals surface area contributed by atoms with Crippen LogP contribution in [0, 0.1) is 0 Å². The highest BCUT2D eigenvalue weighted by Crippen LogP contribution is 2.38. The van der Waals surface area contributed by atoms with Gasteiger partial charge in [-0.1, -0.05) is 0 Å². The van der Waals surface area contributed by atoms with Gasteiger partial charge in [-0.2, -0.15) is 0 Å². The van der Waals surface area contributed by atoms with Crippen molar-refractivity contribution in [3.63, 3.8) is 0 Å². The van der Waals surface area contributed by atoms with Gasteiger partial charge in [0, 0.05) is 32.7 Å². The number of ether oxygens (including phenoxy) is 3. The molecule has 1 N–H and O–H groups in total. The van der Waals surface area contributed by atoms with Crippen LogP contribution in [0.5, 0.6) is 17.2 Å². The van der Waals surface area contributed by atoms with Crippen LogP contribution in [0.3, 0.4) is 0 Å². The highest BCUT2D eigenvalue weighted by Gasteiger charge is 2.29. The lowest BCUT2D eigenvalue weighted by Gasteiger charge is -2.36. The molecular weight excluding hydrogens is 334 g/mol. The molecule has 0 aliphatic carbocycles. The first-order valence-electron chi connectivity index (χ1n) is 9.19. The minimum Gasteiger partial charge on any atom is -0.493 e. The van der Waals surface area contributed by atoms with Gasteiger partial charge < -0.3 is 24.4 Å². The minimum atomic E-state index is 0.0247. The van der Waals surface area contributed by atoms with Crippen molar-refractivity contribution < 1.29 is 19.0 Å². The maximum Gasteiger partial charge on any atom is 0.239 e. The molecule has 144 valence electrons. The van der Waals surface area contributed by atoms with E-state index in [-0.39, 0.29) is 11.9 Å². The molecule has 0 saturated carbocycles. The second-order valence-corrected chi connectivity index (χ2v) is 6.78. The molecule has 2 aliphatic rings. The number of rotatable bonds is 6. The highest BCUT2D eigenvalue weighted by molar-refractivity contribution is 5.82. The molecule has 1 unspecified atom stereocenters. The molecule has 2 fully saturated rings. The Labute approximate surface area is 155 Å². The van der Waals surface area contributed by atoms with Crippen molar-refractivity contribution in [3.05, 3.63) is 17.7 Å². The Balaban J connectivity index is 1.59. The van der Waals surface area contributed by atoms with Crippen molar-refractivity contribution in [2.75, 3.05) is 54.1 Å². The summed E-state index contributed by atoms with van der Waals surface area (Å²) in [6.45, 7) is 5.05. The number of amides is 1. The Kier molecular flexibility index (Phi) is 6.21. The molecule has 0 radical (unpaired) electrons. The Bertz CT molecular complexity index is 598.